The fourth-order valence-electron chi connectivity index (χ4n) is 3.21. The van der Waals surface area contributed by atoms with Crippen LogP contribution in [0.2, 0.25) is 0 Å². The molecule has 0 unspecified atom stereocenters. The predicted molar refractivity (Wildman–Crippen MR) is 131 cm³/mol. The smallest absolute Gasteiger partial charge is 0.251 e. The van der Waals surface area contributed by atoms with Gasteiger partial charge in [-0.2, -0.15) is 0 Å². The van der Waals surface area contributed by atoms with Crippen molar-refractivity contribution in [3.8, 4) is 0 Å². The molecule has 8 heteroatoms. The van der Waals surface area contributed by atoms with Gasteiger partial charge in [0, 0.05) is 49.3 Å². The number of benzene rings is 1. The lowest BCUT2D eigenvalue weighted by molar-refractivity contribution is 0.0953. The van der Waals surface area contributed by atoms with Crippen LogP contribution in [0.3, 0.4) is 0 Å². The summed E-state index contributed by atoms with van der Waals surface area (Å²) in [5, 5.41) is 9.81. The summed E-state index contributed by atoms with van der Waals surface area (Å²) in [5.41, 5.74) is 0.679. The van der Waals surface area contributed by atoms with Crippen molar-refractivity contribution >= 4 is 51.8 Å². The van der Waals surface area contributed by atoms with Gasteiger partial charge in [0.25, 0.3) is 5.91 Å². The van der Waals surface area contributed by atoms with Crippen LogP contribution in [-0.2, 0) is 0 Å². The number of halogens is 2. The highest BCUT2D eigenvalue weighted by Gasteiger charge is 2.19. The highest BCUT2D eigenvalue weighted by atomic mass is 127. The third kappa shape index (κ3) is 9.09. The third-order valence-corrected chi connectivity index (χ3v) is 5.26. The van der Waals surface area contributed by atoms with Crippen molar-refractivity contribution in [3.05, 3.63) is 34.3 Å². The van der Waals surface area contributed by atoms with Gasteiger partial charge in [0.05, 0.1) is 0 Å². The molecule has 0 aromatic heterocycles. The Labute approximate surface area is 194 Å². The first-order valence-corrected chi connectivity index (χ1v) is 10.6. The Bertz CT molecular complexity index is 603. The van der Waals surface area contributed by atoms with E-state index in [-0.39, 0.29) is 29.9 Å². The normalized spacial score (nSPS) is 15.6. The van der Waals surface area contributed by atoms with Crippen LogP contribution in [0, 0.1) is 0 Å². The van der Waals surface area contributed by atoms with Crippen molar-refractivity contribution in [2.24, 2.45) is 4.99 Å². The fraction of sp³-hybridized carbons (Fsp3) is 0.600. The van der Waals surface area contributed by atoms with E-state index >= 15 is 0 Å². The van der Waals surface area contributed by atoms with Crippen LogP contribution in [-0.4, -0.2) is 62.6 Å². The molecule has 1 amide bonds. The lowest BCUT2D eigenvalue weighted by atomic mass is 10.1. The number of nitrogens with zero attached hydrogens (tertiary/aromatic N) is 2. The zero-order valence-corrected chi connectivity index (χ0v) is 20.8. The van der Waals surface area contributed by atoms with E-state index in [9.17, 15) is 4.79 Å². The first-order valence-electron chi connectivity index (χ1n) is 9.85. The molecule has 0 saturated carbocycles. The zero-order chi connectivity index (χ0) is 19.5. The van der Waals surface area contributed by atoms with E-state index in [1.165, 1.54) is 13.0 Å². The Hall–Kier alpha value is -0.870. The summed E-state index contributed by atoms with van der Waals surface area (Å²) in [4.78, 5) is 18.9. The van der Waals surface area contributed by atoms with E-state index in [0.717, 1.165) is 49.3 Å². The number of nitrogens with one attached hydrogen (secondary N) is 3. The minimum absolute atomic E-state index is 0. The quantitative estimate of drug-likeness (QED) is 0.196. The van der Waals surface area contributed by atoms with Gasteiger partial charge >= 0.3 is 0 Å². The summed E-state index contributed by atoms with van der Waals surface area (Å²) in [6, 6.07) is 7.86. The average molecular weight is 566 g/mol. The first-order chi connectivity index (χ1) is 13.1. The molecule has 1 saturated heterocycles. The number of amides is 1. The van der Waals surface area contributed by atoms with E-state index in [2.05, 4.69) is 48.7 Å². The maximum Gasteiger partial charge on any atom is 0.251 e. The number of hydrogen-bond donors (Lipinski definition) is 3. The van der Waals surface area contributed by atoms with E-state index in [1.807, 2.05) is 24.3 Å². The summed E-state index contributed by atoms with van der Waals surface area (Å²) in [7, 11) is 1.80. The summed E-state index contributed by atoms with van der Waals surface area (Å²) in [6.45, 7) is 7.15. The first kappa shape index (κ1) is 25.2. The molecule has 3 N–H and O–H groups in total. The van der Waals surface area contributed by atoms with E-state index in [1.54, 1.807) is 7.05 Å². The number of carbonyl (C=O) groups is 1. The molecule has 2 rings (SSSR count). The number of piperidine rings is 1. The third-order valence-electron chi connectivity index (χ3n) is 4.73. The molecule has 158 valence electrons. The molecule has 1 aliphatic heterocycles. The summed E-state index contributed by atoms with van der Waals surface area (Å²) in [6.07, 6.45) is 4.38. The largest absolute Gasteiger partial charge is 0.356 e. The van der Waals surface area contributed by atoms with Gasteiger partial charge in [-0.1, -0.05) is 22.9 Å². The predicted octanol–water partition coefficient (Wildman–Crippen LogP) is 3.23. The second-order valence-electron chi connectivity index (χ2n) is 6.88. The number of rotatable bonds is 8. The molecule has 6 nitrogen and oxygen atoms in total. The summed E-state index contributed by atoms with van der Waals surface area (Å²) >= 11 is 3.37. The molecule has 0 radical (unpaired) electrons. The standard InChI is InChI=1S/C20H32BrN5O.HI/c1-3-13-26-14-9-18(10-15-26)25-20(22-2)24-12-4-11-23-19(27)16-5-7-17(21)8-6-16;/h5-8,18H,3-4,9-15H2,1-2H3,(H,23,27)(H2,22,24,25);1H. The van der Waals surface area contributed by atoms with Crippen molar-refractivity contribution < 1.29 is 4.79 Å². The molecular weight excluding hydrogens is 533 g/mol. The number of carbonyl (C=O) groups excluding carboxylic acids is 1. The number of guanidine groups is 1. The van der Waals surface area contributed by atoms with Crippen LogP contribution in [0.1, 0.15) is 43.0 Å². The highest BCUT2D eigenvalue weighted by molar-refractivity contribution is 14.0. The van der Waals surface area contributed by atoms with Crippen LogP contribution in [0.25, 0.3) is 0 Å². The Morgan fingerprint density at radius 3 is 2.43 bits per heavy atom. The monoisotopic (exact) mass is 565 g/mol. The van der Waals surface area contributed by atoms with Crippen LogP contribution in [0.5, 0.6) is 0 Å². The minimum atomic E-state index is -0.0381. The Kier molecular flexibility index (Phi) is 12.7. The van der Waals surface area contributed by atoms with Gasteiger partial charge in [0.2, 0.25) is 0 Å². The molecule has 1 aromatic carbocycles. The van der Waals surface area contributed by atoms with Crippen molar-refractivity contribution in [1.82, 2.24) is 20.9 Å². The SMILES string of the molecule is CCCN1CCC(NC(=NC)NCCCNC(=O)c2ccc(Br)cc2)CC1.I. The van der Waals surface area contributed by atoms with Crippen molar-refractivity contribution in [1.29, 1.82) is 0 Å². The highest BCUT2D eigenvalue weighted by Crippen LogP contribution is 2.11. The zero-order valence-electron chi connectivity index (χ0n) is 16.8. The Morgan fingerprint density at radius 2 is 1.82 bits per heavy atom. The molecule has 0 atom stereocenters. The van der Waals surface area contributed by atoms with E-state index in [0.29, 0.717) is 18.2 Å². The van der Waals surface area contributed by atoms with Gasteiger partial charge < -0.3 is 20.9 Å². The minimum Gasteiger partial charge on any atom is -0.356 e. The Morgan fingerprint density at radius 1 is 1.18 bits per heavy atom. The van der Waals surface area contributed by atoms with Gasteiger partial charge in [-0.25, -0.2) is 0 Å². The van der Waals surface area contributed by atoms with Crippen LogP contribution in [0.15, 0.2) is 33.7 Å². The topological polar surface area (TPSA) is 68.8 Å². The van der Waals surface area contributed by atoms with Crippen LogP contribution >= 0.6 is 39.9 Å². The van der Waals surface area contributed by atoms with Gasteiger partial charge in [0.1, 0.15) is 0 Å². The van der Waals surface area contributed by atoms with Gasteiger partial charge in [-0.15, -0.1) is 24.0 Å². The maximum absolute atomic E-state index is 12.1. The second kappa shape index (κ2) is 14.2. The molecule has 0 bridgehead atoms. The molecular formula is C20H33BrIN5O. The second-order valence-corrected chi connectivity index (χ2v) is 7.79. The molecule has 1 heterocycles. The number of likely N-dealkylation sites (tertiary alicyclic amines) is 1. The van der Waals surface area contributed by atoms with Gasteiger partial charge in [0.15, 0.2) is 5.96 Å². The summed E-state index contributed by atoms with van der Waals surface area (Å²) < 4.78 is 0.971. The lowest BCUT2D eigenvalue weighted by Crippen LogP contribution is -2.49. The lowest BCUT2D eigenvalue weighted by Gasteiger charge is -2.32. The number of hydrogen-bond acceptors (Lipinski definition) is 3. The molecule has 28 heavy (non-hydrogen) atoms. The van der Waals surface area contributed by atoms with E-state index in [4.69, 9.17) is 0 Å². The molecule has 1 aliphatic rings. The van der Waals surface area contributed by atoms with E-state index < -0.39 is 0 Å². The molecule has 0 aliphatic carbocycles. The van der Waals surface area contributed by atoms with Crippen LogP contribution in [0.4, 0.5) is 0 Å². The van der Waals surface area contributed by atoms with Crippen molar-refractivity contribution in [2.45, 2.75) is 38.6 Å². The van der Waals surface area contributed by atoms with Crippen LogP contribution < -0.4 is 16.0 Å². The van der Waals surface area contributed by atoms with Crippen molar-refractivity contribution in [2.75, 3.05) is 39.8 Å². The average Bonchev–Trinajstić information content (AvgIpc) is 2.68. The van der Waals surface area contributed by atoms with Gasteiger partial charge in [-0.3, -0.25) is 9.79 Å². The number of aliphatic imine (C=N–C) groups is 1. The molecule has 1 aromatic rings. The fourth-order valence-corrected chi connectivity index (χ4v) is 3.47. The molecule has 0 spiro atoms. The van der Waals surface area contributed by atoms with Crippen molar-refractivity contribution in [3.63, 3.8) is 0 Å². The molecule has 1 fully saturated rings. The maximum atomic E-state index is 12.1. The Balaban J connectivity index is 0.00000392. The summed E-state index contributed by atoms with van der Waals surface area (Å²) in [5.74, 6) is 0.812. The van der Waals surface area contributed by atoms with Gasteiger partial charge in [-0.05, 0) is 56.5 Å².